The molecule has 7 nitrogen and oxygen atoms in total. The summed E-state index contributed by atoms with van der Waals surface area (Å²) in [7, 11) is 0. The van der Waals surface area contributed by atoms with Gasteiger partial charge in [0.25, 0.3) is 5.78 Å². The molecule has 37 heavy (non-hydrogen) atoms. The second-order valence-electron chi connectivity index (χ2n) is 10.1. The topological polar surface area (TPSA) is 95.5 Å². The molecule has 188 valence electrons. The Bertz CT molecular complexity index is 1500. The molecule has 3 aromatic carbocycles. The zero-order valence-corrected chi connectivity index (χ0v) is 21.3. The second-order valence-corrected chi connectivity index (χ2v) is 10.1. The van der Waals surface area contributed by atoms with E-state index in [-0.39, 0.29) is 22.7 Å². The molecule has 0 radical (unpaired) electrons. The molecule has 1 atom stereocenters. The van der Waals surface area contributed by atoms with Crippen molar-refractivity contribution in [3.63, 3.8) is 0 Å². The minimum absolute atomic E-state index is 0.0145. The Balaban J connectivity index is 1.71. The van der Waals surface area contributed by atoms with Gasteiger partial charge in [-0.1, -0.05) is 63.2 Å². The van der Waals surface area contributed by atoms with Crippen LogP contribution >= 0.6 is 0 Å². The van der Waals surface area contributed by atoms with Crippen molar-refractivity contribution in [3.05, 3.63) is 95.1 Å². The lowest BCUT2D eigenvalue weighted by Gasteiger charge is -2.25. The number of ether oxygens (including phenoxy) is 1. The van der Waals surface area contributed by atoms with Crippen molar-refractivity contribution in [1.82, 2.24) is 9.97 Å². The van der Waals surface area contributed by atoms with Crippen LogP contribution in [0.1, 0.15) is 50.4 Å². The van der Waals surface area contributed by atoms with Crippen LogP contribution in [0, 0.1) is 0 Å². The number of hydrogen-bond acceptors (Lipinski definition) is 5. The van der Waals surface area contributed by atoms with Crippen LogP contribution in [0.5, 0.6) is 5.75 Å². The Morgan fingerprint density at radius 1 is 1.03 bits per heavy atom. The number of H-pyrrole nitrogens is 1. The summed E-state index contributed by atoms with van der Waals surface area (Å²) in [5, 5.41) is 11.6. The number of hydrogen-bond donors (Lipinski definition) is 2. The maximum absolute atomic E-state index is 13.5. The van der Waals surface area contributed by atoms with E-state index in [1.54, 1.807) is 12.1 Å². The number of para-hydroxylation sites is 2. The fourth-order valence-electron chi connectivity index (χ4n) is 4.76. The molecule has 0 bridgehead atoms. The largest absolute Gasteiger partial charge is 0.507 e. The van der Waals surface area contributed by atoms with Crippen LogP contribution in [-0.2, 0) is 15.0 Å². The lowest BCUT2D eigenvalue weighted by molar-refractivity contribution is -0.132. The second kappa shape index (κ2) is 9.24. The first-order chi connectivity index (χ1) is 17.7. The fourth-order valence-corrected chi connectivity index (χ4v) is 4.76. The van der Waals surface area contributed by atoms with Gasteiger partial charge in [-0.2, -0.15) is 0 Å². The molecule has 1 aromatic heterocycles. The first-order valence-electron chi connectivity index (χ1n) is 12.3. The Morgan fingerprint density at radius 2 is 1.73 bits per heavy atom. The van der Waals surface area contributed by atoms with Gasteiger partial charge in [0, 0.05) is 11.1 Å². The third-order valence-electron chi connectivity index (χ3n) is 6.53. The molecule has 1 fully saturated rings. The molecule has 0 saturated carbocycles. The van der Waals surface area contributed by atoms with Crippen LogP contribution in [0.3, 0.4) is 0 Å². The third kappa shape index (κ3) is 4.27. The number of aromatic amines is 1. The molecule has 0 spiro atoms. The quantitative estimate of drug-likeness (QED) is 0.205. The maximum Gasteiger partial charge on any atom is 0.302 e. The maximum atomic E-state index is 13.5. The van der Waals surface area contributed by atoms with Gasteiger partial charge in [-0.15, -0.1) is 0 Å². The molecule has 4 aromatic rings. The zero-order chi connectivity index (χ0) is 26.3. The standard InChI is InChI=1S/C30H29N3O4/c1-5-37-23-16-15-19(17-20(23)30(2,3)4)26(34)24-25(18-11-7-6-8-12-18)33(28(36)27(24)35)29-31-21-13-9-10-14-22(21)32-29/h6-17,25,34H,5H2,1-4H3,(H,31,32)/b26-24+. The zero-order valence-electron chi connectivity index (χ0n) is 21.3. The summed E-state index contributed by atoms with van der Waals surface area (Å²) in [5.74, 6) is -0.791. The van der Waals surface area contributed by atoms with Gasteiger partial charge in [-0.25, -0.2) is 4.98 Å². The number of amides is 1. The SMILES string of the molecule is CCOc1ccc(/C(O)=C2\C(=O)C(=O)N(c3nc4ccccc4[nH]3)C2c2ccccc2)cc1C(C)(C)C. The predicted octanol–water partition coefficient (Wildman–Crippen LogP) is 5.89. The van der Waals surface area contributed by atoms with E-state index >= 15 is 0 Å². The first kappa shape index (κ1) is 24.3. The molecule has 0 aliphatic carbocycles. The van der Waals surface area contributed by atoms with Gasteiger partial charge in [0.15, 0.2) is 0 Å². The lowest BCUT2D eigenvalue weighted by atomic mass is 9.84. The molecule has 1 amide bonds. The number of fused-ring (bicyclic) bond motifs is 1. The Hall–Kier alpha value is -4.39. The molecule has 1 saturated heterocycles. The van der Waals surface area contributed by atoms with E-state index in [0.717, 1.165) is 11.1 Å². The number of anilines is 1. The van der Waals surface area contributed by atoms with E-state index < -0.39 is 17.7 Å². The van der Waals surface area contributed by atoms with E-state index in [1.807, 2.05) is 67.6 Å². The minimum Gasteiger partial charge on any atom is -0.507 e. The molecule has 1 aliphatic rings. The highest BCUT2D eigenvalue weighted by atomic mass is 16.5. The number of aliphatic hydroxyl groups is 1. The summed E-state index contributed by atoms with van der Waals surface area (Å²) < 4.78 is 5.82. The highest BCUT2D eigenvalue weighted by Gasteiger charge is 2.48. The van der Waals surface area contributed by atoms with Crippen molar-refractivity contribution in [2.24, 2.45) is 0 Å². The number of aromatic nitrogens is 2. The molecule has 2 heterocycles. The van der Waals surface area contributed by atoms with Gasteiger partial charge in [0.05, 0.1) is 29.3 Å². The van der Waals surface area contributed by atoms with Gasteiger partial charge in [-0.3, -0.25) is 14.5 Å². The number of aliphatic hydroxyl groups excluding tert-OH is 1. The molecule has 1 unspecified atom stereocenters. The van der Waals surface area contributed by atoms with Crippen LogP contribution in [0.15, 0.2) is 78.4 Å². The van der Waals surface area contributed by atoms with E-state index in [0.29, 0.717) is 29.0 Å². The van der Waals surface area contributed by atoms with E-state index in [4.69, 9.17) is 4.74 Å². The van der Waals surface area contributed by atoms with Crippen LogP contribution < -0.4 is 9.64 Å². The fraction of sp³-hybridized carbons (Fsp3) is 0.233. The average Bonchev–Trinajstić information content (AvgIpc) is 3.42. The Labute approximate surface area is 215 Å². The summed E-state index contributed by atoms with van der Waals surface area (Å²) in [5.41, 5.74) is 3.17. The summed E-state index contributed by atoms with van der Waals surface area (Å²) >= 11 is 0. The molecular weight excluding hydrogens is 466 g/mol. The summed E-state index contributed by atoms with van der Waals surface area (Å²) in [6.07, 6.45) is 0. The minimum atomic E-state index is -0.855. The third-order valence-corrected chi connectivity index (χ3v) is 6.53. The van der Waals surface area contributed by atoms with Gasteiger partial charge >= 0.3 is 5.91 Å². The van der Waals surface area contributed by atoms with Crippen LogP contribution in [0.25, 0.3) is 16.8 Å². The number of nitrogens with zero attached hydrogens (tertiary/aromatic N) is 2. The monoisotopic (exact) mass is 495 g/mol. The van der Waals surface area contributed by atoms with E-state index in [2.05, 4.69) is 30.7 Å². The van der Waals surface area contributed by atoms with Crippen LogP contribution in [-0.4, -0.2) is 33.4 Å². The number of Topliss-reactive ketones (excluding diaryl/α,β-unsaturated/α-hetero) is 1. The number of ketones is 1. The number of nitrogens with one attached hydrogen (secondary N) is 1. The Kier molecular flexibility index (Phi) is 6.07. The number of benzene rings is 3. The lowest BCUT2D eigenvalue weighted by Crippen LogP contribution is -2.30. The molecule has 2 N–H and O–H groups in total. The van der Waals surface area contributed by atoms with Gasteiger partial charge in [0.2, 0.25) is 5.95 Å². The summed E-state index contributed by atoms with van der Waals surface area (Å²) in [4.78, 5) is 36.0. The van der Waals surface area contributed by atoms with Crippen LogP contribution in [0.4, 0.5) is 5.95 Å². The van der Waals surface area contributed by atoms with Crippen molar-refractivity contribution in [2.75, 3.05) is 11.5 Å². The number of carbonyl (C=O) groups excluding carboxylic acids is 2. The molecule has 7 heteroatoms. The number of rotatable bonds is 5. The molecule has 5 rings (SSSR count). The van der Waals surface area contributed by atoms with Crippen molar-refractivity contribution < 1.29 is 19.4 Å². The van der Waals surface area contributed by atoms with E-state index in [9.17, 15) is 14.7 Å². The van der Waals surface area contributed by atoms with Crippen molar-refractivity contribution in [3.8, 4) is 5.75 Å². The smallest absolute Gasteiger partial charge is 0.302 e. The number of imidazole rings is 1. The van der Waals surface area contributed by atoms with Crippen molar-refractivity contribution >= 4 is 34.4 Å². The summed E-state index contributed by atoms with van der Waals surface area (Å²) in [6.45, 7) is 8.59. The highest BCUT2D eigenvalue weighted by Crippen LogP contribution is 2.42. The van der Waals surface area contributed by atoms with Crippen molar-refractivity contribution in [1.29, 1.82) is 0 Å². The molecule has 1 aliphatic heterocycles. The Morgan fingerprint density at radius 3 is 2.41 bits per heavy atom. The summed E-state index contributed by atoms with van der Waals surface area (Å²) in [6, 6.07) is 21.1. The highest BCUT2D eigenvalue weighted by molar-refractivity contribution is 6.51. The average molecular weight is 496 g/mol. The van der Waals surface area contributed by atoms with Crippen molar-refractivity contribution in [2.45, 2.75) is 39.2 Å². The van der Waals surface area contributed by atoms with Gasteiger partial charge in [0.1, 0.15) is 11.5 Å². The van der Waals surface area contributed by atoms with E-state index in [1.165, 1.54) is 4.90 Å². The predicted molar refractivity (Wildman–Crippen MR) is 144 cm³/mol. The first-order valence-corrected chi connectivity index (χ1v) is 12.3. The van der Waals surface area contributed by atoms with Gasteiger partial charge in [-0.05, 0) is 48.2 Å². The van der Waals surface area contributed by atoms with Gasteiger partial charge < -0.3 is 14.8 Å². The number of carbonyl (C=O) groups is 2. The molecular formula is C30H29N3O4. The normalized spacial score (nSPS) is 17.5. The van der Waals surface area contributed by atoms with Crippen LogP contribution in [0.2, 0.25) is 0 Å².